The normalized spacial score (nSPS) is 11.5. The maximum Gasteiger partial charge on any atom is 0.229 e. The molecule has 0 heterocycles. The molecule has 0 unspecified atom stereocenters. The van der Waals surface area contributed by atoms with Gasteiger partial charge in [-0.15, -0.1) is 0 Å². The van der Waals surface area contributed by atoms with E-state index in [1.54, 1.807) is 13.0 Å². The van der Waals surface area contributed by atoms with Crippen LogP contribution in [0, 0.1) is 12.7 Å². The Morgan fingerprint density at radius 2 is 2.00 bits per heavy atom. The Labute approximate surface area is 89.4 Å². The molecule has 3 nitrogen and oxygen atoms in total. The summed E-state index contributed by atoms with van der Waals surface area (Å²) in [6.45, 7) is 3.59. The molecule has 0 fully saturated rings. The third kappa shape index (κ3) is 3.20. The summed E-state index contributed by atoms with van der Waals surface area (Å²) < 4.78 is 37.6. The fourth-order valence-electron chi connectivity index (χ4n) is 1.33. The van der Waals surface area contributed by atoms with Gasteiger partial charge in [-0.25, -0.2) is 12.8 Å². The summed E-state index contributed by atoms with van der Waals surface area (Å²) in [6, 6.07) is 3.12. The quantitative estimate of drug-likeness (QED) is 0.865. The van der Waals surface area contributed by atoms with Crippen molar-refractivity contribution >= 4 is 15.7 Å². The second-order valence-electron chi connectivity index (χ2n) is 3.50. The third-order valence-corrected chi connectivity index (χ3v) is 2.62. The number of halogens is 1. The van der Waals surface area contributed by atoms with E-state index in [-0.39, 0.29) is 5.69 Å². The van der Waals surface area contributed by atoms with Crippen molar-refractivity contribution in [2.24, 2.45) is 0 Å². The van der Waals surface area contributed by atoms with Crippen LogP contribution >= 0.6 is 0 Å². The number of anilines is 1. The minimum atomic E-state index is -3.43. The number of rotatable bonds is 3. The number of hydrogen-bond acceptors (Lipinski definition) is 2. The summed E-state index contributed by atoms with van der Waals surface area (Å²) in [6.07, 6.45) is 1.72. The van der Waals surface area contributed by atoms with Gasteiger partial charge in [0.05, 0.1) is 11.9 Å². The first-order chi connectivity index (χ1) is 6.83. The van der Waals surface area contributed by atoms with Crippen molar-refractivity contribution in [3.63, 3.8) is 0 Å². The van der Waals surface area contributed by atoms with Crippen LogP contribution < -0.4 is 4.72 Å². The summed E-state index contributed by atoms with van der Waals surface area (Å²) in [5, 5.41) is 0. The summed E-state index contributed by atoms with van der Waals surface area (Å²) in [7, 11) is -3.43. The molecule has 1 aromatic carbocycles. The second-order valence-corrected chi connectivity index (χ2v) is 5.25. The summed E-state index contributed by atoms with van der Waals surface area (Å²) >= 11 is 0. The Morgan fingerprint density at radius 3 is 2.40 bits per heavy atom. The van der Waals surface area contributed by atoms with Crippen molar-refractivity contribution in [3.8, 4) is 0 Å². The standard InChI is InChI=1S/C10H14FNO2S/c1-4-8-5-7(2)10(9(11)6-8)12-15(3,13)14/h5-6,12H,4H2,1-3H3. The molecule has 0 aliphatic carbocycles. The average Bonchev–Trinajstić information content (AvgIpc) is 2.09. The Hall–Kier alpha value is -1.10. The van der Waals surface area contributed by atoms with Crippen molar-refractivity contribution in [1.82, 2.24) is 0 Å². The molecule has 0 aliphatic heterocycles. The maximum atomic E-state index is 13.5. The van der Waals surface area contributed by atoms with Crippen molar-refractivity contribution in [2.45, 2.75) is 20.3 Å². The van der Waals surface area contributed by atoms with Gasteiger partial charge >= 0.3 is 0 Å². The molecule has 0 atom stereocenters. The molecule has 0 saturated heterocycles. The van der Waals surface area contributed by atoms with Gasteiger partial charge in [0.2, 0.25) is 10.0 Å². The Bertz CT molecular complexity index is 445. The van der Waals surface area contributed by atoms with E-state index in [0.29, 0.717) is 5.56 Å². The molecule has 0 radical (unpaired) electrons. The van der Waals surface area contributed by atoms with Crippen LogP contribution in [-0.4, -0.2) is 14.7 Å². The topological polar surface area (TPSA) is 46.2 Å². The van der Waals surface area contributed by atoms with Crippen LogP contribution in [0.1, 0.15) is 18.1 Å². The number of benzene rings is 1. The lowest BCUT2D eigenvalue weighted by molar-refractivity contribution is 0.603. The lowest BCUT2D eigenvalue weighted by Gasteiger charge is -2.10. The summed E-state index contributed by atoms with van der Waals surface area (Å²) in [5.41, 5.74) is 1.48. The predicted octanol–water partition coefficient (Wildman–Crippen LogP) is 2.07. The van der Waals surface area contributed by atoms with Crippen molar-refractivity contribution in [1.29, 1.82) is 0 Å². The van der Waals surface area contributed by atoms with Crippen molar-refractivity contribution in [3.05, 3.63) is 29.1 Å². The highest BCUT2D eigenvalue weighted by molar-refractivity contribution is 7.92. The lowest BCUT2D eigenvalue weighted by Crippen LogP contribution is -2.12. The van der Waals surface area contributed by atoms with Crippen LogP contribution in [0.25, 0.3) is 0 Å². The van der Waals surface area contributed by atoms with Crippen LogP contribution in [0.5, 0.6) is 0 Å². The molecule has 1 aromatic rings. The van der Waals surface area contributed by atoms with Crippen LogP contribution in [0.2, 0.25) is 0 Å². The summed E-state index contributed by atoms with van der Waals surface area (Å²) in [5.74, 6) is -0.530. The zero-order valence-electron chi connectivity index (χ0n) is 8.96. The third-order valence-electron chi connectivity index (χ3n) is 2.04. The maximum absolute atomic E-state index is 13.5. The fourth-order valence-corrected chi connectivity index (χ4v) is 1.96. The highest BCUT2D eigenvalue weighted by Crippen LogP contribution is 2.22. The van der Waals surface area contributed by atoms with E-state index in [4.69, 9.17) is 0 Å². The smallest absolute Gasteiger partial charge is 0.229 e. The molecule has 0 spiro atoms. The lowest BCUT2D eigenvalue weighted by atomic mass is 10.1. The van der Waals surface area contributed by atoms with Gasteiger partial charge in [0.15, 0.2) is 0 Å². The molecular weight excluding hydrogens is 217 g/mol. The molecule has 0 bridgehead atoms. The number of hydrogen-bond donors (Lipinski definition) is 1. The molecule has 0 saturated carbocycles. The molecule has 5 heteroatoms. The Balaban J connectivity index is 3.20. The SMILES string of the molecule is CCc1cc(C)c(NS(C)(=O)=O)c(F)c1. The van der Waals surface area contributed by atoms with Crippen molar-refractivity contribution in [2.75, 3.05) is 11.0 Å². The first-order valence-corrected chi connectivity index (χ1v) is 6.49. The Kier molecular flexibility index (Phi) is 3.34. The van der Waals surface area contributed by atoms with Crippen LogP contribution in [0.4, 0.5) is 10.1 Å². The van der Waals surface area contributed by atoms with E-state index in [1.807, 2.05) is 6.92 Å². The minimum Gasteiger partial charge on any atom is -0.281 e. The molecule has 0 amide bonds. The van der Waals surface area contributed by atoms with Crippen LogP contribution in [-0.2, 0) is 16.4 Å². The highest BCUT2D eigenvalue weighted by Gasteiger charge is 2.11. The monoisotopic (exact) mass is 231 g/mol. The van der Waals surface area contributed by atoms with Gasteiger partial charge in [-0.05, 0) is 30.5 Å². The highest BCUT2D eigenvalue weighted by atomic mass is 32.2. The van der Waals surface area contributed by atoms with Gasteiger partial charge < -0.3 is 0 Å². The van der Waals surface area contributed by atoms with E-state index in [9.17, 15) is 12.8 Å². The van der Waals surface area contributed by atoms with E-state index in [0.717, 1.165) is 18.2 Å². The zero-order chi connectivity index (χ0) is 11.6. The molecular formula is C10H14FNO2S. The van der Waals surface area contributed by atoms with Gasteiger partial charge in [-0.2, -0.15) is 0 Å². The van der Waals surface area contributed by atoms with Gasteiger partial charge in [-0.1, -0.05) is 13.0 Å². The zero-order valence-corrected chi connectivity index (χ0v) is 9.78. The van der Waals surface area contributed by atoms with Crippen LogP contribution in [0.3, 0.4) is 0 Å². The van der Waals surface area contributed by atoms with Gasteiger partial charge in [-0.3, -0.25) is 4.72 Å². The van der Waals surface area contributed by atoms with E-state index < -0.39 is 15.8 Å². The minimum absolute atomic E-state index is 0.0368. The second kappa shape index (κ2) is 4.18. The van der Waals surface area contributed by atoms with Crippen molar-refractivity contribution < 1.29 is 12.8 Å². The molecule has 1 rings (SSSR count). The molecule has 0 aliphatic rings. The van der Waals surface area contributed by atoms with Gasteiger partial charge in [0.25, 0.3) is 0 Å². The predicted molar refractivity (Wildman–Crippen MR) is 59.0 cm³/mol. The average molecular weight is 231 g/mol. The number of nitrogens with one attached hydrogen (secondary N) is 1. The largest absolute Gasteiger partial charge is 0.281 e. The summed E-state index contributed by atoms with van der Waals surface area (Å²) in [4.78, 5) is 0. The number of aryl methyl sites for hydroxylation is 2. The number of sulfonamides is 1. The fraction of sp³-hybridized carbons (Fsp3) is 0.400. The van der Waals surface area contributed by atoms with E-state index in [1.165, 1.54) is 6.07 Å². The first kappa shape index (κ1) is 12.0. The molecule has 0 aromatic heterocycles. The molecule has 1 N–H and O–H groups in total. The molecule has 84 valence electrons. The molecule has 15 heavy (non-hydrogen) atoms. The van der Waals surface area contributed by atoms with Gasteiger partial charge in [0, 0.05) is 0 Å². The first-order valence-electron chi connectivity index (χ1n) is 4.60. The van der Waals surface area contributed by atoms with Crippen LogP contribution in [0.15, 0.2) is 12.1 Å². The van der Waals surface area contributed by atoms with E-state index >= 15 is 0 Å². The Morgan fingerprint density at radius 1 is 1.40 bits per heavy atom. The van der Waals surface area contributed by atoms with E-state index in [2.05, 4.69) is 4.72 Å². The van der Waals surface area contributed by atoms with Gasteiger partial charge in [0.1, 0.15) is 5.82 Å².